The molecule has 1 N–H and O–H groups in total. The first-order chi connectivity index (χ1) is 12.4. The fraction of sp³-hybridized carbons (Fsp3) is 0.438. The molecule has 140 valence electrons. The van der Waals surface area contributed by atoms with E-state index in [1.165, 1.54) is 10.9 Å². The van der Waals surface area contributed by atoms with Crippen molar-refractivity contribution in [1.82, 2.24) is 25.0 Å². The van der Waals surface area contributed by atoms with E-state index < -0.39 is 15.1 Å². The largest absolute Gasteiger partial charge is 0.334 e. The molecule has 0 unspecified atom stereocenters. The van der Waals surface area contributed by atoms with Gasteiger partial charge in [0.15, 0.2) is 0 Å². The van der Waals surface area contributed by atoms with Crippen molar-refractivity contribution in [3.63, 3.8) is 0 Å². The molecule has 8 nitrogen and oxygen atoms in total. The van der Waals surface area contributed by atoms with Crippen LogP contribution in [0.5, 0.6) is 0 Å². The first-order valence-electron chi connectivity index (χ1n) is 8.23. The van der Waals surface area contributed by atoms with Crippen molar-refractivity contribution in [3.05, 3.63) is 41.2 Å². The summed E-state index contributed by atoms with van der Waals surface area (Å²) >= 11 is 5.84. The number of rotatable bonds is 4. The zero-order valence-corrected chi connectivity index (χ0v) is 15.9. The lowest BCUT2D eigenvalue weighted by molar-refractivity contribution is 0.186. The SMILES string of the molecule is Cn1cnnc1S(=O)(=O)C1CCN(C(=O)NCc2ccc(Cl)cc2)CC1. The second-order valence-corrected chi connectivity index (χ2v) is 8.80. The molecule has 0 saturated carbocycles. The monoisotopic (exact) mass is 397 g/mol. The Morgan fingerprint density at radius 3 is 2.50 bits per heavy atom. The number of carbonyl (C=O) groups excluding carboxylic acids is 1. The van der Waals surface area contributed by atoms with Crippen LogP contribution in [-0.4, -0.2) is 52.5 Å². The van der Waals surface area contributed by atoms with Crippen LogP contribution in [0.1, 0.15) is 18.4 Å². The molecule has 1 aromatic carbocycles. The molecule has 0 spiro atoms. The summed E-state index contributed by atoms with van der Waals surface area (Å²) in [5.74, 6) is 0. The Morgan fingerprint density at radius 1 is 1.27 bits per heavy atom. The van der Waals surface area contributed by atoms with Gasteiger partial charge in [0.2, 0.25) is 15.0 Å². The maximum Gasteiger partial charge on any atom is 0.317 e. The Kier molecular flexibility index (Phi) is 5.47. The van der Waals surface area contributed by atoms with E-state index >= 15 is 0 Å². The van der Waals surface area contributed by atoms with Crippen LogP contribution in [0.2, 0.25) is 5.02 Å². The van der Waals surface area contributed by atoms with E-state index in [-0.39, 0.29) is 11.2 Å². The summed E-state index contributed by atoms with van der Waals surface area (Å²) in [6.45, 7) is 1.16. The molecular formula is C16H20ClN5O3S. The lowest BCUT2D eigenvalue weighted by Crippen LogP contribution is -2.46. The summed E-state index contributed by atoms with van der Waals surface area (Å²) in [5.41, 5.74) is 0.947. The smallest absolute Gasteiger partial charge is 0.317 e. The Bertz CT molecular complexity index is 874. The minimum Gasteiger partial charge on any atom is -0.334 e. The number of halogens is 1. The average molecular weight is 398 g/mol. The molecule has 1 aliphatic heterocycles. The Balaban J connectivity index is 1.54. The summed E-state index contributed by atoms with van der Waals surface area (Å²) < 4.78 is 26.7. The van der Waals surface area contributed by atoms with E-state index in [1.54, 1.807) is 24.1 Å². The van der Waals surface area contributed by atoms with Crippen molar-refractivity contribution in [1.29, 1.82) is 0 Å². The molecule has 1 fully saturated rings. The quantitative estimate of drug-likeness (QED) is 0.845. The number of benzene rings is 1. The summed E-state index contributed by atoms with van der Waals surface area (Å²) in [6.07, 6.45) is 2.12. The van der Waals surface area contributed by atoms with Gasteiger partial charge in [0.1, 0.15) is 6.33 Å². The molecule has 1 saturated heterocycles. The number of urea groups is 1. The lowest BCUT2D eigenvalue weighted by Gasteiger charge is -2.31. The van der Waals surface area contributed by atoms with E-state index in [9.17, 15) is 13.2 Å². The summed E-state index contributed by atoms with van der Waals surface area (Å²) in [5, 5.41) is 10.3. The number of sulfone groups is 1. The molecule has 1 aromatic heterocycles. The number of amides is 2. The van der Waals surface area contributed by atoms with Gasteiger partial charge in [-0.25, -0.2) is 13.2 Å². The summed E-state index contributed by atoms with van der Waals surface area (Å²) in [6, 6.07) is 7.04. The molecule has 0 radical (unpaired) electrons. The number of piperidine rings is 1. The molecular weight excluding hydrogens is 378 g/mol. The fourth-order valence-corrected chi connectivity index (χ4v) is 4.81. The molecule has 2 aromatic rings. The van der Waals surface area contributed by atoms with E-state index in [0.29, 0.717) is 37.5 Å². The van der Waals surface area contributed by atoms with Gasteiger partial charge in [-0.1, -0.05) is 23.7 Å². The fourth-order valence-electron chi connectivity index (χ4n) is 2.94. The van der Waals surface area contributed by atoms with Gasteiger partial charge in [0.05, 0.1) is 5.25 Å². The van der Waals surface area contributed by atoms with Gasteiger partial charge in [-0.2, -0.15) is 0 Å². The molecule has 0 aliphatic carbocycles. The predicted molar refractivity (Wildman–Crippen MR) is 96.5 cm³/mol. The van der Waals surface area contributed by atoms with E-state index in [2.05, 4.69) is 15.5 Å². The summed E-state index contributed by atoms with van der Waals surface area (Å²) in [7, 11) is -1.94. The number of nitrogens with zero attached hydrogens (tertiary/aromatic N) is 4. The molecule has 1 aliphatic rings. The van der Waals surface area contributed by atoms with Gasteiger partial charge < -0.3 is 14.8 Å². The van der Waals surface area contributed by atoms with Gasteiger partial charge >= 0.3 is 6.03 Å². The van der Waals surface area contributed by atoms with E-state index in [4.69, 9.17) is 11.6 Å². The predicted octanol–water partition coefficient (Wildman–Crippen LogP) is 1.62. The van der Waals surface area contributed by atoms with Crippen LogP contribution in [-0.2, 0) is 23.4 Å². The number of hydrogen-bond acceptors (Lipinski definition) is 5. The number of hydrogen-bond donors (Lipinski definition) is 1. The number of likely N-dealkylation sites (tertiary alicyclic amines) is 1. The van der Waals surface area contributed by atoms with Gasteiger partial charge in [-0.05, 0) is 30.5 Å². The molecule has 26 heavy (non-hydrogen) atoms. The zero-order chi connectivity index (χ0) is 18.7. The van der Waals surface area contributed by atoms with Crippen molar-refractivity contribution < 1.29 is 13.2 Å². The highest BCUT2D eigenvalue weighted by atomic mass is 35.5. The minimum absolute atomic E-state index is 0.0249. The summed E-state index contributed by atoms with van der Waals surface area (Å²) in [4.78, 5) is 13.9. The third kappa shape index (κ3) is 3.99. The lowest BCUT2D eigenvalue weighted by atomic mass is 10.1. The van der Waals surface area contributed by atoms with Crippen LogP contribution < -0.4 is 5.32 Å². The third-order valence-electron chi connectivity index (χ3n) is 4.45. The van der Waals surface area contributed by atoms with Gasteiger partial charge in [-0.15, -0.1) is 10.2 Å². The van der Waals surface area contributed by atoms with Crippen LogP contribution in [0.4, 0.5) is 4.79 Å². The molecule has 10 heteroatoms. The highest BCUT2D eigenvalue weighted by molar-refractivity contribution is 7.91. The standard InChI is InChI=1S/C16H20ClN5O3S/c1-21-11-19-20-16(21)26(24,25)14-6-8-22(9-7-14)15(23)18-10-12-2-4-13(17)5-3-12/h2-5,11,14H,6-10H2,1H3,(H,18,23). The first kappa shape index (κ1) is 18.7. The topological polar surface area (TPSA) is 97.2 Å². The van der Waals surface area contributed by atoms with E-state index in [1.807, 2.05) is 12.1 Å². The van der Waals surface area contributed by atoms with Crippen LogP contribution in [0.25, 0.3) is 0 Å². The van der Waals surface area contributed by atoms with E-state index in [0.717, 1.165) is 5.56 Å². The molecule has 2 heterocycles. The Labute approximate surface area is 157 Å². The van der Waals surface area contributed by atoms with Gasteiger partial charge in [0.25, 0.3) is 0 Å². The third-order valence-corrected chi connectivity index (χ3v) is 6.93. The zero-order valence-electron chi connectivity index (χ0n) is 14.3. The van der Waals surface area contributed by atoms with Gasteiger partial charge in [0, 0.05) is 31.7 Å². The van der Waals surface area contributed by atoms with Crippen molar-refractivity contribution in [2.75, 3.05) is 13.1 Å². The van der Waals surface area contributed by atoms with Crippen molar-refractivity contribution >= 4 is 27.5 Å². The van der Waals surface area contributed by atoms with Crippen molar-refractivity contribution in [2.45, 2.75) is 29.8 Å². The highest BCUT2D eigenvalue weighted by Gasteiger charge is 2.35. The van der Waals surface area contributed by atoms with Crippen LogP contribution in [0.15, 0.2) is 35.7 Å². The van der Waals surface area contributed by atoms with Gasteiger partial charge in [-0.3, -0.25) is 0 Å². The molecule has 0 bridgehead atoms. The number of aryl methyl sites for hydroxylation is 1. The molecule has 0 atom stereocenters. The number of nitrogens with one attached hydrogen (secondary N) is 1. The second kappa shape index (κ2) is 7.63. The normalized spacial score (nSPS) is 15.8. The molecule has 2 amide bonds. The van der Waals surface area contributed by atoms with Crippen molar-refractivity contribution in [3.8, 4) is 0 Å². The maximum atomic E-state index is 12.6. The average Bonchev–Trinajstić information content (AvgIpc) is 3.08. The van der Waals surface area contributed by atoms with Crippen molar-refractivity contribution in [2.24, 2.45) is 7.05 Å². The minimum atomic E-state index is -3.54. The highest BCUT2D eigenvalue weighted by Crippen LogP contribution is 2.23. The van der Waals surface area contributed by atoms with Crippen LogP contribution in [0.3, 0.4) is 0 Å². The number of carbonyl (C=O) groups is 1. The maximum absolute atomic E-state index is 12.6. The second-order valence-electron chi connectivity index (χ2n) is 6.24. The number of aromatic nitrogens is 3. The molecule has 3 rings (SSSR count). The van der Waals surface area contributed by atoms with Crippen LogP contribution in [0, 0.1) is 0 Å². The van der Waals surface area contributed by atoms with Crippen LogP contribution >= 0.6 is 11.6 Å². The Morgan fingerprint density at radius 2 is 1.92 bits per heavy atom. The Hall–Kier alpha value is -2.13. The first-order valence-corrected chi connectivity index (χ1v) is 10.2.